The van der Waals surface area contributed by atoms with E-state index in [0.29, 0.717) is 5.69 Å². The first-order valence-corrected chi connectivity index (χ1v) is 12.5. The van der Waals surface area contributed by atoms with E-state index in [4.69, 9.17) is 27.9 Å². The summed E-state index contributed by atoms with van der Waals surface area (Å²) in [7, 11) is 0. The molecule has 1 spiro atoms. The van der Waals surface area contributed by atoms with Gasteiger partial charge in [-0.05, 0) is 35.9 Å². The molecule has 3 atom stereocenters. The first-order valence-electron chi connectivity index (χ1n) is 11.8. The second-order valence-electron chi connectivity index (χ2n) is 9.24. The van der Waals surface area contributed by atoms with Crippen molar-refractivity contribution in [3.63, 3.8) is 0 Å². The lowest BCUT2D eigenvalue weighted by Gasteiger charge is -2.25. The van der Waals surface area contributed by atoms with Crippen LogP contribution in [0.15, 0.2) is 66.7 Å². The molecular formula is C28H20Cl2N2O7. The highest BCUT2D eigenvalue weighted by Gasteiger charge is 2.71. The van der Waals surface area contributed by atoms with Crippen molar-refractivity contribution >= 4 is 63.9 Å². The van der Waals surface area contributed by atoms with E-state index in [1.54, 1.807) is 30.3 Å². The number of amides is 2. The number of rotatable bonds is 5. The molecule has 198 valence electrons. The van der Waals surface area contributed by atoms with Crippen LogP contribution >= 0.6 is 23.2 Å². The summed E-state index contributed by atoms with van der Waals surface area (Å²) in [4.78, 5) is 65.4. The number of carbonyl (C=O) groups excluding carboxylic acids is 4. The number of hydrogen-bond acceptors (Lipinski definition) is 6. The van der Waals surface area contributed by atoms with Crippen molar-refractivity contribution < 1.29 is 33.8 Å². The molecule has 5 rings (SSSR count). The molecule has 0 saturated carbocycles. The number of ketones is 2. The van der Waals surface area contributed by atoms with Gasteiger partial charge < -0.3 is 20.5 Å². The average Bonchev–Trinajstić information content (AvgIpc) is 3.36. The van der Waals surface area contributed by atoms with E-state index in [1.807, 2.05) is 0 Å². The van der Waals surface area contributed by atoms with Gasteiger partial charge in [-0.15, -0.1) is 0 Å². The summed E-state index contributed by atoms with van der Waals surface area (Å²) in [5.41, 5.74) is -1.53. The summed E-state index contributed by atoms with van der Waals surface area (Å²) in [6, 6.07) is 16.5. The van der Waals surface area contributed by atoms with Crippen molar-refractivity contribution in [2.75, 3.05) is 10.6 Å². The van der Waals surface area contributed by atoms with Crippen molar-refractivity contribution in [1.82, 2.24) is 0 Å². The number of carboxylic acids is 1. The molecule has 39 heavy (non-hydrogen) atoms. The maximum Gasteiger partial charge on any atom is 0.311 e. The van der Waals surface area contributed by atoms with Gasteiger partial charge in [-0.3, -0.25) is 24.0 Å². The first kappa shape index (κ1) is 26.6. The van der Waals surface area contributed by atoms with Gasteiger partial charge in [-0.1, -0.05) is 59.6 Å². The van der Waals surface area contributed by atoms with Gasteiger partial charge >= 0.3 is 5.97 Å². The summed E-state index contributed by atoms with van der Waals surface area (Å²) in [6.45, 7) is 1.33. The molecule has 1 heterocycles. The van der Waals surface area contributed by atoms with Crippen molar-refractivity contribution in [2.24, 2.45) is 11.8 Å². The zero-order valence-corrected chi connectivity index (χ0v) is 21.7. The van der Waals surface area contributed by atoms with E-state index >= 15 is 0 Å². The fourth-order valence-corrected chi connectivity index (χ4v) is 5.54. The van der Waals surface area contributed by atoms with Crippen molar-refractivity contribution in [3.05, 3.63) is 93.5 Å². The fourth-order valence-electron chi connectivity index (χ4n) is 5.23. The van der Waals surface area contributed by atoms with Crippen LogP contribution in [0.4, 0.5) is 11.4 Å². The SMILES string of the molecule is CC(=O)Nc1cccc(NC(=O)[C@H]2[C@@H](C(=O)O)C3(O[C@H]2c2ccc(Cl)c(Cl)c2)C(=O)c2ccccc2C3=O)c1. The van der Waals surface area contributed by atoms with Gasteiger partial charge in [-0.2, -0.15) is 0 Å². The zero-order chi connectivity index (χ0) is 28.1. The lowest BCUT2D eigenvalue weighted by atomic mass is 9.75. The van der Waals surface area contributed by atoms with E-state index in [1.165, 1.54) is 43.3 Å². The van der Waals surface area contributed by atoms with Crippen molar-refractivity contribution in [1.29, 1.82) is 0 Å². The maximum atomic E-state index is 13.8. The number of nitrogens with one attached hydrogen (secondary N) is 2. The Labute approximate surface area is 232 Å². The molecule has 0 unspecified atom stereocenters. The summed E-state index contributed by atoms with van der Waals surface area (Å²) < 4.78 is 6.12. The minimum absolute atomic E-state index is 0.0192. The Morgan fingerprint density at radius 2 is 1.46 bits per heavy atom. The minimum Gasteiger partial charge on any atom is -0.481 e. The number of aliphatic carboxylic acids is 1. The first-order chi connectivity index (χ1) is 18.5. The number of hydrogen-bond donors (Lipinski definition) is 3. The molecule has 1 aliphatic carbocycles. The fraction of sp³-hybridized carbons (Fsp3) is 0.179. The molecule has 1 fully saturated rings. The van der Waals surface area contributed by atoms with Crippen molar-refractivity contribution in [3.8, 4) is 0 Å². The second kappa shape index (κ2) is 9.92. The molecule has 2 amide bonds. The zero-order valence-electron chi connectivity index (χ0n) is 20.2. The Bertz CT molecular complexity index is 1540. The molecule has 11 heteroatoms. The van der Waals surface area contributed by atoms with Gasteiger partial charge in [-0.25, -0.2) is 0 Å². The van der Waals surface area contributed by atoms with Crippen LogP contribution in [0.3, 0.4) is 0 Å². The molecule has 3 aromatic carbocycles. The standard InChI is InChI=1S/C28H20Cl2N2O7/c1-13(33)31-15-5-4-6-16(12-15)32-26(36)21-22(27(37)38)28(24(34)17-7-2-3-8-18(17)25(28)35)39-23(21)14-9-10-19(29)20(30)11-14/h2-12,21-23H,1H3,(H,31,33)(H,32,36)(H,37,38)/t21-,22-,23-/m0/s1. The molecule has 1 aliphatic heterocycles. The molecule has 3 aromatic rings. The topological polar surface area (TPSA) is 139 Å². The van der Waals surface area contributed by atoms with Gasteiger partial charge in [0.15, 0.2) is 0 Å². The van der Waals surface area contributed by atoms with E-state index in [-0.39, 0.29) is 38.3 Å². The van der Waals surface area contributed by atoms with Gasteiger partial charge in [0.1, 0.15) is 5.92 Å². The number of carboxylic acid groups (broad SMARTS) is 1. The molecule has 0 bridgehead atoms. The molecule has 2 aliphatic rings. The Morgan fingerprint density at radius 3 is 2.03 bits per heavy atom. The van der Waals surface area contributed by atoms with Crippen LogP contribution in [0, 0.1) is 11.8 Å². The quantitative estimate of drug-likeness (QED) is 0.377. The van der Waals surface area contributed by atoms with Crippen LogP contribution < -0.4 is 10.6 Å². The average molecular weight is 567 g/mol. The molecular weight excluding hydrogens is 547 g/mol. The van der Waals surface area contributed by atoms with Crippen LogP contribution in [-0.2, 0) is 19.1 Å². The van der Waals surface area contributed by atoms with Crippen LogP contribution in [0.2, 0.25) is 10.0 Å². The Balaban J connectivity index is 1.62. The number of halogens is 2. The number of fused-ring (bicyclic) bond motifs is 1. The van der Waals surface area contributed by atoms with E-state index in [9.17, 15) is 29.1 Å². The van der Waals surface area contributed by atoms with Crippen LogP contribution in [0.25, 0.3) is 0 Å². The van der Waals surface area contributed by atoms with Gasteiger partial charge in [0, 0.05) is 29.4 Å². The van der Waals surface area contributed by atoms with E-state index in [0.717, 1.165) is 0 Å². The minimum atomic E-state index is -2.47. The summed E-state index contributed by atoms with van der Waals surface area (Å²) in [5.74, 6) is -7.76. The lowest BCUT2D eigenvalue weighted by molar-refractivity contribution is -0.147. The Kier molecular flexibility index (Phi) is 6.76. The molecule has 9 nitrogen and oxygen atoms in total. The van der Waals surface area contributed by atoms with E-state index in [2.05, 4.69) is 10.6 Å². The molecule has 0 radical (unpaired) electrons. The number of carbonyl (C=O) groups is 5. The third-order valence-corrected chi connectivity index (χ3v) is 7.56. The Hall–Kier alpha value is -4.05. The highest BCUT2D eigenvalue weighted by Crippen LogP contribution is 2.54. The number of Topliss-reactive ketones (excluding diaryl/α,β-unsaturated/α-hetero) is 2. The normalized spacial score (nSPS) is 21.1. The largest absolute Gasteiger partial charge is 0.481 e. The summed E-state index contributed by atoms with van der Waals surface area (Å²) >= 11 is 12.3. The van der Waals surface area contributed by atoms with Crippen LogP contribution in [-0.4, -0.2) is 40.1 Å². The Morgan fingerprint density at radius 1 is 0.846 bits per heavy atom. The second-order valence-corrected chi connectivity index (χ2v) is 10.1. The number of benzene rings is 3. The summed E-state index contributed by atoms with van der Waals surface area (Å²) in [6.07, 6.45) is -1.35. The third-order valence-electron chi connectivity index (χ3n) is 6.82. The van der Waals surface area contributed by atoms with E-state index < -0.39 is 47.0 Å². The van der Waals surface area contributed by atoms with Gasteiger partial charge in [0.25, 0.3) is 0 Å². The molecule has 1 saturated heterocycles. The number of anilines is 2. The van der Waals surface area contributed by atoms with Crippen LogP contribution in [0.1, 0.15) is 39.3 Å². The maximum absolute atomic E-state index is 13.8. The third kappa shape index (κ3) is 4.38. The number of ether oxygens (including phenoxy) is 1. The van der Waals surface area contributed by atoms with Crippen molar-refractivity contribution in [2.45, 2.75) is 18.6 Å². The molecule has 3 N–H and O–H groups in total. The highest BCUT2D eigenvalue weighted by molar-refractivity contribution is 6.42. The lowest BCUT2D eigenvalue weighted by Crippen LogP contribution is -2.52. The van der Waals surface area contributed by atoms with Gasteiger partial charge in [0.05, 0.1) is 22.1 Å². The van der Waals surface area contributed by atoms with Gasteiger partial charge in [0.2, 0.25) is 29.0 Å². The van der Waals surface area contributed by atoms with Crippen LogP contribution in [0.5, 0.6) is 0 Å². The predicted octanol–water partition coefficient (Wildman–Crippen LogP) is 4.80. The molecule has 0 aromatic heterocycles. The monoisotopic (exact) mass is 566 g/mol. The summed E-state index contributed by atoms with van der Waals surface area (Å²) in [5, 5.41) is 16.0. The smallest absolute Gasteiger partial charge is 0.311 e. The predicted molar refractivity (Wildman–Crippen MR) is 142 cm³/mol. The highest BCUT2D eigenvalue weighted by atomic mass is 35.5.